The maximum atomic E-state index is 12.5. The first-order chi connectivity index (χ1) is 13.7. The van der Waals surface area contributed by atoms with Crippen molar-refractivity contribution < 1.29 is 23.9 Å². The van der Waals surface area contributed by atoms with E-state index in [1.807, 2.05) is 0 Å². The Kier molecular flexibility index (Phi) is 7.13. The number of aromatic amines is 1. The lowest BCUT2D eigenvalue weighted by Gasteiger charge is -2.07. The Labute approximate surface area is 168 Å². The first-order valence-electron chi connectivity index (χ1n) is 9.04. The molecule has 0 bridgehead atoms. The van der Waals surface area contributed by atoms with Crippen LogP contribution >= 0.6 is 0 Å². The topological polar surface area (TPSA) is 143 Å². The van der Waals surface area contributed by atoms with Gasteiger partial charge in [-0.3, -0.25) is 14.4 Å². The molecule has 0 saturated carbocycles. The van der Waals surface area contributed by atoms with Crippen LogP contribution in [0.25, 0.3) is 0 Å². The predicted molar refractivity (Wildman–Crippen MR) is 105 cm³/mol. The molecule has 0 aliphatic carbocycles. The van der Waals surface area contributed by atoms with Crippen molar-refractivity contribution in [1.29, 1.82) is 0 Å². The van der Waals surface area contributed by atoms with Crippen molar-refractivity contribution in [3.63, 3.8) is 0 Å². The van der Waals surface area contributed by atoms with Crippen molar-refractivity contribution in [3.05, 3.63) is 57.9 Å². The Balaban J connectivity index is 2.01. The molecule has 1 aromatic heterocycles. The fourth-order valence-corrected chi connectivity index (χ4v) is 2.80. The molecule has 0 radical (unpaired) electrons. The standard InChI is InChI=1S/C20H24N4O5/c1-4-29-20(28)16-11(2)17(24-12(16)3)19(27)22-9-13-5-7-14(8-6-13)18(26)23-10-15(21)25/h5-8,24H,4,9-10H2,1-3H3,(H2,21,25)(H,22,27)(H,23,26). The second-order valence-electron chi connectivity index (χ2n) is 6.37. The molecule has 29 heavy (non-hydrogen) atoms. The van der Waals surface area contributed by atoms with Crippen LogP contribution in [0.1, 0.15) is 54.9 Å². The lowest BCUT2D eigenvalue weighted by molar-refractivity contribution is -0.117. The average molecular weight is 400 g/mol. The van der Waals surface area contributed by atoms with Crippen LogP contribution in [-0.2, 0) is 16.1 Å². The quantitative estimate of drug-likeness (QED) is 0.488. The largest absolute Gasteiger partial charge is 0.462 e. The number of hydrogen-bond acceptors (Lipinski definition) is 5. The van der Waals surface area contributed by atoms with E-state index >= 15 is 0 Å². The number of aromatic nitrogens is 1. The highest BCUT2D eigenvalue weighted by Gasteiger charge is 2.22. The van der Waals surface area contributed by atoms with Gasteiger partial charge in [-0.1, -0.05) is 12.1 Å². The van der Waals surface area contributed by atoms with Gasteiger partial charge in [-0.05, 0) is 44.0 Å². The van der Waals surface area contributed by atoms with Gasteiger partial charge in [0.25, 0.3) is 11.8 Å². The van der Waals surface area contributed by atoms with Crippen LogP contribution in [0.2, 0.25) is 0 Å². The number of benzene rings is 1. The number of amides is 3. The summed E-state index contributed by atoms with van der Waals surface area (Å²) in [6.07, 6.45) is 0. The summed E-state index contributed by atoms with van der Waals surface area (Å²) in [6.45, 7) is 5.35. The Morgan fingerprint density at radius 1 is 1.03 bits per heavy atom. The number of H-pyrrole nitrogens is 1. The predicted octanol–water partition coefficient (Wildman–Crippen LogP) is 0.953. The zero-order valence-electron chi connectivity index (χ0n) is 16.5. The molecule has 2 rings (SSSR count). The van der Waals surface area contributed by atoms with Crippen LogP contribution in [0.5, 0.6) is 0 Å². The van der Waals surface area contributed by atoms with E-state index in [0.717, 1.165) is 5.56 Å². The molecule has 9 nitrogen and oxygen atoms in total. The molecule has 2 aromatic rings. The second-order valence-corrected chi connectivity index (χ2v) is 6.37. The molecular weight excluding hydrogens is 376 g/mol. The lowest BCUT2D eigenvalue weighted by Crippen LogP contribution is -2.33. The van der Waals surface area contributed by atoms with E-state index in [0.29, 0.717) is 28.1 Å². The molecule has 9 heteroatoms. The monoisotopic (exact) mass is 400 g/mol. The molecule has 1 heterocycles. The highest BCUT2D eigenvalue weighted by Crippen LogP contribution is 2.19. The van der Waals surface area contributed by atoms with Crippen molar-refractivity contribution in [2.45, 2.75) is 27.3 Å². The van der Waals surface area contributed by atoms with E-state index in [9.17, 15) is 19.2 Å². The van der Waals surface area contributed by atoms with Crippen molar-refractivity contribution in [3.8, 4) is 0 Å². The van der Waals surface area contributed by atoms with E-state index in [-0.39, 0.29) is 25.6 Å². The number of nitrogens with one attached hydrogen (secondary N) is 3. The minimum atomic E-state index is -0.626. The first kappa shape index (κ1) is 21.7. The number of hydrogen-bond donors (Lipinski definition) is 4. The van der Waals surface area contributed by atoms with E-state index < -0.39 is 17.8 Å². The molecular formula is C20H24N4O5. The summed E-state index contributed by atoms with van der Waals surface area (Å²) in [7, 11) is 0. The average Bonchev–Trinajstić information content (AvgIpc) is 2.99. The molecule has 0 aliphatic rings. The summed E-state index contributed by atoms with van der Waals surface area (Å²) in [4.78, 5) is 50.0. The summed E-state index contributed by atoms with van der Waals surface area (Å²) in [5, 5.41) is 5.17. The van der Waals surface area contributed by atoms with Crippen molar-refractivity contribution in [2.75, 3.05) is 13.2 Å². The Morgan fingerprint density at radius 2 is 1.69 bits per heavy atom. The van der Waals surface area contributed by atoms with Crippen LogP contribution in [-0.4, -0.2) is 41.8 Å². The summed E-state index contributed by atoms with van der Waals surface area (Å²) < 4.78 is 5.02. The van der Waals surface area contributed by atoms with Crippen LogP contribution in [0, 0.1) is 13.8 Å². The first-order valence-corrected chi connectivity index (χ1v) is 9.04. The molecule has 154 valence electrons. The highest BCUT2D eigenvalue weighted by molar-refractivity contribution is 6.00. The number of primary amides is 1. The van der Waals surface area contributed by atoms with Crippen LogP contribution < -0.4 is 16.4 Å². The number of nitrogens with two attached hydrogens (primary N) is 1. The van der Waals surface area contributed by atoms with E-state index in [1.54, 1.807) is 45.0 Å². The van der Waals surface area contributed by atoms with Crippen molar-refractivity contribution in [2.24, 2.45) is 5.73 Å². The Morgan fingerprint density at radius 3 is 2.28 bits per heavy atom. The lowest BCUT2D eigenvalue weighted by atomic mass is 10.1. The Bertz CT molecular complexity index is 931. The third-order valence-electron chi connectivity index (χ3n) is 4.24. The number of carbonyl (C=O) groups excluding carboxylic acids is 4. The highest BCUT2D eigenvalue weighted by atomic mass is 16.5. The van der Waals surface area contributed by atoms with Gasteiger partial charge in [0.1, 0.15) is 5.69 Å². The zero-order valence-corrected chi connectivity index (χ0v) is 16.5. The molecule has 3 amide bonds. The minimum absolute atomic E-state index is 0.230. The number of esters is 1. The normalized spacial score (nSPS) is 10.3. The number of rotatable bonds is 8. The SMILES string of the molecule is CCOC(=O)c1c(C)[nH]c(C(=O)NCc2ccc(C(=O)NCC(N)=O)cc2)c1C. The van der Waals surface area contributed by atoms with Crippen LogP contribution in [0.15, 0.2) is 24.3 Å². The molecule has 0 aliphatic heterocycles. The molecule has 0 spiro atoms. The van der Waals surface area contributed by atoms with Gasteiger partial charge in [-0.15, -0.1) is 0 Å². The number of aryl methyl sites for hydroxylation is 1. The van der Waals surface area contributed by atoms with Gasteiger partial charge in [0.2, 0.25) is 5.91 Å². The van der Waals surface area contributed by atoms with E-state index in [1.165, 1.54) is 0 Å². The van der Waals surface area contributed by atoms with Gasteiger partial charge in [-0.2, -0.15) is 0 Å². The van der Waals surface area contributed by atoms with E-state index in [2.05, 4.69) is 15.6 Å². The summed E-state index contributed by atoms with van der Waals surface area (Å²) in [5.74, 6) is -1.87. The van der Waals surface area contributed by atoms with Gasteiger partial charge in [0.15, 0.2) is 0 Å². The third-order valence-corrected chi connectivity index (χ3v) is 4.24. The molecule has 0 fully saturated rings. The van der Waals surface area contributed by atoms with Crippen molar-refractivity contribution >= 4 is 23.7 Å². The molecule has 1 aromatic carbocycles. The molecule has 5 N–H and O–H groups in total. The molecule has 0 saturated heterocycles. The number of carbonyl (C=O) groups is 4. The fourth-order valence-electron chi connectivity index (χ4n) is 2.80. The maximum absolute atomic E-state index is 12.5. The molecule has 0 unspecified atom stereocenters. The maximum Gasteiger partial charge on any atom is 0.340 e. The smallest absolute Gasteiger partial charge is 0.340 e. The second kappa shape index (κ2) is 9.54. The van der Waals surface area contributed by atoms with Gasteiger partial charge in [0.05, 0.1) is 18.7 Å². The zero-order chi connectivity index (χ0) is 21.6. The van der Waals surface area contributed by atoms with Crippen LogP contribution in [0.4, 0.5) is 0 Å². The van der Waals surface area contributed by atoms with Gasteiger partial charge in [-0.25, -0.2) is 4.79 Å². The van der Waals surface area contributed by atoms with Crippen LogP contribution in [0.3, 0.4) is 0 Å². The fraction of sp³-hybridized carbons (Fsp3) is 0.300. The summed E-state index contributed by atoms with van der Waals surface area (Å²) >= 11 is 0. The van der Waals surface area contributed by atoms with Gasteiger partial charge >= 0.3 is 5.97 Å². The van der Waals surface area contributed by atoms with Gasteiger partial charge in [0, 0.05) is 17.8 Å². The number of ether oxygens (including phenoxy) is 1. The van der Waals surface area contributed by atoms with E-state index in [4.69, 9.17) is 10.5 Å². The van der Waals surface area contributed by atoms with Crippen molar-refractivity contribution in [1.82, 2.24) is 15.6 Å². The molecule has 0 atom stereocenters. The third kappa shape index (κ3) is 5.44. The summed E-state index contributed by atoms with van der Waals surface area (Å²) in [5.41, 5.74) is 7.89. The Hall–Kier alpha value is -3.62. The van der Waals surface area contributed by atoms with Gasteiger partial charge < -0.3 is 26.1 Å². The minimum Gasteiger partial charge on any atom is -0.462 e. The summed E-state index contributed by atoms with van der Waals surface area (Å²) in [6, 6.07) is 6.55.